The SMILES string of the molecule is C=CCOC(=O)N1CC(C(F)(F)F)CC1C(=O)O. The third-order valence-corrected chi connectivity index (χ3v) is 2.61. The van der Waals surface area contributed by atoms with Crippen molar-refractivity contribution in [3.63, 3.8) is 0 Å². The minimum absolute atomic E-state index is 0.182. The van der Waals surface area contributed by atoms with E-state index < -0.39 is 43.2 Å². The van der Waals surface area contributed by atoms with E-state index in [2.05, 4.69) is 11.3 Å². The molecule has 0 aliphatic carbocycles. The first-order chi connectivity index (χ1) is 8.27. The molecule has 0 aromatic heterocycles. The molecule has 0 spiro atoms. The summed E-state index contributed by atoms with van der Waals surface area (Å²) < 4.78 is 42.0. The summed E-state index contributed by atoms with van der Waals surface area (Å²) in [7, 11) is 0. The molecule has 5 nitrogen and oxygen atoms in total. The summed E-state index contributed by atoms with van der Waals surface area (Å²) in [5.41, 5.74) is 0. The van der Waals surface area contributed by atoms with Crippen molar-refractivity contribution in [1.29, 1.82) is 0 Å². The molecule has 0 aromatic rings. The van der Waals surface area contributed by atoms with Crippen molar-refractivity contribution < 1.29 is 32.6 Å². The summed E-state index contributed by atoms with van der Waals surface area (Å²) in [6, 6.07) is -1.51. The first-order valence-corrected chi connectivity index (χ1v) is 5.11. The maximum absolute atomic E-state index is 12.5. The van der Waals surface area contributed by atoms with Gasteiger partial charge in [-0.05, 0) is 6.42 Å². The van der Waals surface area contributed by atoms with Crippen LogP contribution in [0.1, 0.15) is 6.42 Å². The van der Waals surface area contributed by atoms with Crippen LogP contribution >= 0.6 is 0 Å². The van der Waals surface area contributed by atoms with Crippen molar-refractivity contribution in [2.45, 2.75) is 18.6 Å². The van der Waals surface area contributed by atoms with Crippen molar-refractivity contribution in [2.24, 2.45) is 5.92 Å². The van der Waals surface area contributed by atoms with Gasteiger partial charge in [-0.2, -0.15) is 13.2 Å². The highest BCUT2D eigenvalue weighted by molar-refractivity contribution is 5.80. The normalized spacial score (nSPS) is 23.8. The van der Waals surface area contributed by atoms with Crippen LogP contribution in [0, 0.1) is 5.92 Å². The average Bonchev–Trinajstić information content (AvgIpc) is 2.70. The Labute approximate surface area is 101 Å². The Morgan fingerprint density at radius 1 is 1.50 bits per heavy atom. The average molecular weight is 267 g/mol. The fraction of sp³-hybridized carbons (Fsp3) is 0.600. The molecule has 1 N–H and O–H groups in total. The van der Waals surface area contributed by atoms with Gasteiger partial charge in [0.15, 0.2) is 0 Å². The van der Waals surface area contributed by atoms with Crippen LogP contribution < -0.4 is 0 Å². The highest BCUT2D eigenvalue weighted by Crippen LogP contribution is 2.36. The third-order valence-electron chi connectivity index (χ3n) is 2.61. The first kappa shape index (κ1) is 14.3. The lowest BCUT2D eigenvalue weighted by Crippen LogP contribution is -2.41. The van der Waals surface area contributed by atoms with E-state index in [4.69, 9.17) is 5.11 Å². The van der Waals surface area contributed by atoms with Crippen LogP contribution in [0.3, 0.4) is 0 Å². The van der Waals surface area contributed by atoms with Crippen molar-refractivity contribution in [1.82, 2.24) is 4.90 Å². The van der Waals surface area contributed by atoms with Crippen LogP contribution in [0.15, 0.2) is 12.7 Å². The molecule has 0 bridgehead atoms. The van der Waals surface area contributed by atoms with Gasteiger partial charge in [0.25, 0.3) is 0 Å². The molecule has 0 saturated carbocycles. The van der Waals surface area contributed by atoms with Crippen molar-refractivity contribution in [3.8, 4) is 0 Å². The number of carbonyl (C=O) groups excluding carboxylic acids is 1. The van der Waals surface area contributed by atoms with Gasteiger partial charge in [-0.1, -0.05) is 12.7 Å². The molecular formula is C10H12F3NO4. The Morgan fingerprint density at radius 3 is 2.56 bits per heavy atom. The van der Waals surface area contributed by atoms with E-state index in [9.17, 15) is 22.8 Å². The molecule has 102 valence electrons. The fourth-order valence-corrected chi connectivity index (χ4v) is 1.72. The van der Waals surface area contributed by atoms with Crippen molar-refractivity contribution in [2.75, 3.05) is 13.2 Å². The molecule has 1 fully saturated rings. The van der Waals surface area contributed by atoms with E-state index in [1.54, 1.807) is 0 Å². The maximum atomic E-state index is 12.5. The Morgan fingerprint density at radius 2 is 2.11 bits per heavy atom. The van der Waals surface area contributed by atoms with Crippen LogP contribution in [0.4, 0.5) is 18.0 Å². The number of hydrogen-bond donors (Lipinski definition) is 1. The molecule has 8 heteroatoms. The van der Waals surface area contributed by atoms with E-state index in [-0.39, 0.29) is 6.61 Å². The number of halogens is 3. The van der Waals surface area contributed by atoms with Crippen LogP contribution in [0.5, 0.6) is 0 Å². The highest BCUT2D eigenvalue weighted by atomic mass is 19.4. The highest BCUT2D eigenvalue weighted by Gasteiger charge is 2.51. The summed E-state index contributed by atoms with van der Waals surface area (Å²) >= 11 is 0. The van der Waals surface area contributed by atoms with Gasteiger partial charge in [-0.3, -0.25) is 4.90 Å². The molecular weight excluding hydrogens is 255 g/mol. The molecule has 0 radical (unpaired) electrons. The molecule has 2 unspecified atom stereocenters. The van der Waals surface area contributed by atoms with Crippen LogP contribution in [0.25, 0.3) is 0 Å². The summed E-state index contributed by atoms with van der Waals surface area (Å²) in [5.74, 6) is -3.31. The van der Waals surface area contributed by atoms with Gasteiger partial charge in [0.05, 0.1) is 5.92 Å². The molecule has 18 heavy (non-hydrogen) atoms. The number of likely N-dealkylation sites (tertiary alicyclic amines) is 1. The van der Waals surface area contributed by atoms with Crippen molar-refractivity contribution in [3.05, 3.63) is 12.7 Å². The van der Waals surface area contributed by atoms with Crippen LogP contribution in [0.2, 0.25) is 0 Å². The number of carboxylic acids is 1. The zero-order chi connectivity index (χ0) is 13.9. The van der Waals surface area contributed by atoms with Gasteiger partial charge in [0, 0.05) is 6.54 Å². The molecule has 1 heterocycles. The fourth-order valence-electron chi connectivity index (χ4n) is 1.72. The Hall–Kier alpha value is -1.73. The Balaban J connectivity index is 2.78. The lowest BCUT2D eigenvalue weighted by Gasteiger charge is -2.20. The zero-order valence-electron chi connectivity index (χ0n) is 9.31. The topological polar surface area (TPSA) is 66.8 Å². The van der Waals surface area contributed by atoms with E-state index in [0.717, 1.165) is 0 Å². The molecule has 1 saturated heterocycles. The van der Waals surface area contributed by atoms with Gasteiger partial charge >= 0.3 is 18.2 Å². The quantitative estimate of drug-likeness (QED) is 0.789. The lowest BCUT2D eigenvalue weighted by atomic mass is 10.1. The Kier molecular flexibility index (Phi) is 4.20. The van der Waals surface area contributed by atoms with Gasteiger partial charge in [-0.15, -0.1) is 0 Å². The number of carboxylic acid groups (broad SMARTS) is 1. The standard InChI is InChI=1S/C10H12F3NO4/c1-2-3-18-9(17)14-5-6(10(11,12)13)4-7(14)8(15)16/h2,6-7H,1,3-5H2,(H,15,16). The summed E-state index contributed by atoms with van der Waals surface area (Å²) in [6.45, 7) is 2.40. The van der Waals surface area contributed by atoms with Gasteiger partial charge in [0.2, 0.25) is 0 Å². The minimum Gasteiger partial charge on any atom is -0.480 e. The van der Waals surface area contributed by atoms with E-state index in [1.165, 1.54) is 6.08 Å². The molecule has 2 atom stereocenters. The lowest BCUT2D eigenvalue weighted by molar-refractivity contribution is -0.170. The number of carbonyl (C=O) groups is 2. The summed E-state index contributed by atoms with van der Waals surface area (Å²) in [6.07, 6.45) is -5.01. The van der Waals surface area contributed by atoms with E-state index >= 15 is 0 Å². The number of alkyl halides is 3. The monoisotopic (exact) mass is 267 g/mol. The molecule has 1 rings (SSSR count). The number of aliphatic carboxylic acids is 1. The van der Waals surface area contributed by atoms with Gasteiger partial charge in [0.1, 0.15) is 12.6 Å². The summed E-state index contributed by atoms with van der Waals surface area (Å²) in [5, 5.41) is 8.80. The Bertz CT molecular complexity index is 356. The predicted octanol–water partition coefficient (Wildman–Crippen LogP) is 1.65. The van der Waals surface area contributed by atoms with Crippen molar-refractivity contribution >= 4 is 12.1 Å². The molecule has 1 aliphatic rings. The predicted molar refractivity (Wildman–Crippen MR) is 53.8 cm³/mol. The smallest absolute Gasteiger partial charge is 0.410 e. The largest absolute Gasteiger partial charge is 0.480 e. The number of ether oxygens (including phenoxy) is 1. The van der Waals surface area contributed by atoms with Crippen LogP contribution in [-0.2, 0) is 9.53 Å². The second-order valence-corrected chi connectivity index (χ2v) is 3.85. The number of amides is 1. The van der Waals surface area contributed by atoms with E-state index in [0.29, 0.717) is 4.90 Å². The summed E-state index contributed by atoms with van der Waals surface area (Å²) in [4.78, 5) is 22.8. The minimum atomic E-state index is -4.53. The maximum Gasteiger partial charge on any atom is 0.410 e. The van der Waals surface area contributed by atoms with Gasteiger partial charge < -0.3 is 9.84 Å². The van der Waals surface area contributed by atoms with Gasteiger partial charge in [-0.25, -0.2) is 9.59 Å². The molecule has 1 amide bonds. The van der Waals surface area contributed by atoms with E-state index in [1.807, 2.05) is 0 Å². The molecule has 1 aliphatic heterocycles. The number of nitrogens with zero attached hydrogens (tertiary/aromatic N) is 1. The second-order valence-electron chi connectivity index (χ2n) is 3.85. The van der Waals surface area contributed by atoms with Crippen LogP contribution in [-0.4, -0.2) is 47.4 Å². The zero-order valence-corrected chi connectivity index (χ0v) is 9.31. The number of hydrogen-bond acceptors (Lipinski definition) is 3. The first-order valence-electron chi connectivity index (χ1n) is 5.11. The third kappa shape index (κ3) is 3.14. The second kappa shape index (κ2) is 5.28. The molecule has 0 aromatic carbocycles. The number of rotatable bonds is 3.